The van der Waals surface area contributed by atoms with Crippen LogP contribution in [0.3, 0.4) is 0 Å². The zero-order chi connectivity index (χ0) is 12.0. The first kappa shape index (κ1) is 13.0. The van der Waals surface area contributed by atoms with Gasteiger partial charge in [0.25, 0.3) is 0 Å². The summed E-state index contributed by atoms with van der Waals surface area (Å²) in [7, 11) is 0. The van der Waals surface area contributed by atoms with Gasteiger partial charge >= 0.3 is 0 Å². The highest BCUT2D eigenvalue weighted by molar-refractivity contribution is 5.37. The van der Waals surface area contributed by atoms with Gasteiger partial charge in [0, 0.05) is 6.04 Å². The van der Waals surface area contributed by atoms with Crippen molar-refractivity contribution in [3.63, 3.8) is 0 Å². The van der Waals surface area contributed by atoms with Gasteiger partial charge in [0.1, 0.15) is 12.4 Å². The Morgan fingerprint density at radius 1 is 1.44 bits per heavy atom. The molecule has 3 heteroatoms. The van der Waals surface area contributed by atoms with E-state index in [1.165, 1.54) is 5.56 Å². The molecule has 0 aliphatic rings. The van der Waals surface area contributed by atoms with E-state index in [1.807, 2.05) is 13.0 Å². The van der Waals surface area contributed by atoms with Crippen LogP contribution in [0.1, 0.15) is 31.0 Å². The van der Waals surface area contributed by atoms with Gasteiger partial charge in [-0.15, -0.1) is 0 Å². The summed E-state index contributed by atoms with van der Waals surface area (Å²) in [5.74, 6) is 0.849. The van der Waals surface area contributed by atoms with Crippen molar-refractivity contribution in [3.05, 3.63) is 29.3 Å². The fraction of sp³-hybridized carbons (Fsp3) is 0.538. The highest BCUT2D eigenvalue weighted by Gasteiger charge is 2.06. The van der Waals surface area contributed by atoms with Crippen LogP contribution < -0.4 is 10.1 Å². The van der Waals surface area contributed by atoms with E-state index in [4.69, 9.17) is 9.84 Å². The molecular formula is C13H21NO2. The number of hydrogen-bond donors (Lipinski definition) is 2. The second-order valence-electron chi connectivity index (χ2n) is 3.88. The molecule has 90 valence electrons. The number of aliphatic hydroxyl groups excluding tert-OH is 1. The van der Waals surface area contributed by atoms with Crippen molar-refractivity contribution in [2.45, 2.75) is 26.8 Å². The number of hydrogen-bond acceptors (Lipinski definition) is 3. The smallest absolute Gasteiger partial charge is 0.122 e. The lowest BCUT2D eigenvalue weighted by Crippen LogP contribution is -2.17. The average Bonchev–Trinajstić information content (AvgIpc) is 2.27. The largest absolute Gasteiger partial charge is 0.491 e. The zero-order valence-corrected chi connectivity index (χ0v) is 10.3. The molecule has 0 aliphatic heterocycles. The number of aliphatic hydroxyl groups is 1. The molecule has 0 bridgehead atoms. The van der Waals surface area contributed by atoms with Crippen molar-refractivity contribution in [2.75, 3.05) is 19.8 Å². The van der Waals surface area contributed by atoms with E-state index in [1.54, 1.807) is 0 Å². The number of rotatable bonds is 6. The van der Waals surface area contributed by atoms with Crippen LogP contribution >= 0.6 is 0 Å². The SMILES string of the molecule is CCNC(C)c1ccc(OCCO)c(C)c1. The van der Waals surface area contributed by atoms with Gasteiger partial charge in [-0.2, -0.15) is 0 Å². The van der Waals surface area contributed by atoms with Crippen LogP contribution in [-0.2, 0) is 0 Å². The standard InChI is InChI=1S/C13H21NO2/c1-4-14-11(3)12-5-6-13(10(2)9-12)16-8-7-15/h5-6,9,11,14-15H,4,7-8H2,1-3H3. The van der Waals surface area contributed by atoms with Crippen LogP contribution in [0, 0.1) is 6.92 Å². The normalized spacial score (nSPS) is 12.5. The molecule has 0 spiro atoms. The summed E-state index contributed by atoms with van der Waals surface area (Å²) in [5, 5.41) is 12.1. The van der Waals surface area contributed by atoms with Gasteiger partial charge in [-0.05, 0) is 37.6 Å². The fourth-order valence-electron chi connectivity index (χ4n) is 1.68. The molecule has 0 aromatic heterocycles. The predicted molar refractivity (Wildman–Crippen MR) is 65.9 cm³/mol. The zero-order valence-electron chi connectivity index (χ0n) is 10.3. The Balaban J connectivity index is 2.73. The van der Waals surface area contributed by atoms with Gasteiger partial charge in [0.2, 0.25) is 0 Å². The van der Waals surface area contributed by atoms with E-state index < -0.39 is 0 Å². The van der Waals surface area contributed by atoms with Crippen molar-refractivity contribution in [1.82, 2.24) is 5.32 Å². The molecule has 3 nitrogen and oxygen atoms in total. The summed E-state index contributed by atoms with van der Waals surface area (Å²) in [4.78, 5) is 0. The monoisotopic (exact) mass is 223 g/mol. The number of nitrogens with one attached hydrogen (secondary N) is 1. The van der Waals surface area contributed by atoms with Gasteiger partial charge in [-0.1, -0.05) is 19.1 Å². The summed E-state index contributed by atoms with van der Waals surface area (Å²) < 4.78 is 5.41. The molecule has 1 unspecified atom stereocenters. The summed E-state index contributed by atoms with van der Waals surface area (Å²) in [6, 6.07) is 6.51. The summed E-state index contributed by atoms with van der Waals surface area (Å²) in [6.07, 6.45) is 0. The first-order valence-corrected chi connectivity index (χ1v) is 5.76. The molecule has 1 aromatic rings. The molecule has 1 atom stereocenters. The van der Waals surface area contributed by atoms with E-state index in [9.17, 15) is 0 Å². The van der Waals surface area contributed by atoms with Crippen LogP contribution in [0.2, 0.25) is 0 Å². The molecule has 0 fully saturated rings. The van der Waals surface area contributed by atoms with Gasteiger partial charge in [0.15, 0.2) is 0 Å². The van der Waals surface area contributed by atoms with Crippen LogP contribution in [0.4, 0.5) is 0 Å². The lowest BCUT2D eigenvalue weighted by atomic mass is 10.1. The van der Waals surface area contributed by atoms with Crippen LogP contribution in [0.15, 0.2) is 18.2 Å². The molecule has 0 aliphatic carbocycles. The third kappa shape index (κ3) is 3.51. The Hall–Kier alpha value is -1.06. The quantitative estimate of drug-likeness (QED) is 0.775. The first-order valence-electron chi connectivity index (χ1n) is 5.76. The lowest BCUT2D eigenvalue weighted by molar-refractivity contribution is 0.200. The minimum Gasteiger partial charge on any atom is -0.491 e. The molecule has 0 heterocycles. The van der Waals surface area contributed by atoms with Crippen molar-refractivity contribution in [2.24, 2.45) is 0 Å². The molecule has 1 aromatic carbocycles. The molecule has 2 N–H and O–H groups in total. The fourth-order valence-corrected chi connectivity index (χ4v) is 1.68. The number of benzene rings is 1. The van der Waals surface area contributed by atoms with Gasteiger partial charge < -0.3 is 15.2 Å². The molecule has 0 saturated carbocycles. The van der Waals surface area contributed by atoms with Gasteiger partial charge in [0.05, 0.1) is 6.61 Å². The highest BCUT2D eigenvalue weighted by Crippen LogP contribution is 2.22. The van der Waals surface area contributed by atoms with Crippen molar-refractivity contribution < 1.29 is 9.84 Å². The maximum absolute atomic E-state index is 8.70. The maximum atomic E-state index is 8.70. The van der Waals surface area contributed by atoms with Crippen LogP contribution in [0.5, 0.6) is 5.75 Å². The third-order valence-electron chi connectivity index (χ3n) is 2.56. The predicted octanol–water partition coefficient (Wildman–Crippen LogP) is 2.04. The molecule has 0 saturated heterocycles. The van der Waals surface area contributed by atoms with E-state index >= 15 is 0 Å². The Kier molecular flexibility index (Phi) is 5.29. The number of aryl methyl sites for hydroxylation is 1. The Morgan fingerprint density at radius 3 is 2.75 bits per heavy atom. The van der Waals surface area contributed by atoms with E-state index in [-0.39, 0.29) is 6.61 Å². The van der Waals surface area contributed by atoms with Crippen LogP contribution in [0.25, 0.3) is 0 Å². The third-order valence-corrected chi connectivity index (χ3v) is 2.56. The minimum absolute atomic E-state index is 0.0506. The van der Waals surface area contributed by atoms with Crippen LogP contribution in [-0.4, -0.2) is 24.9 Å². The summed E-state index contributed by atoms with van der Waals surface area (Å²) in [5.41, 5.74) is 2.37. The second-order valence-corrected chi connectivity index (χ2v) is 3.88. The van der Waals surface area contributed by atoms with Crippen molar-refractivity contribution >= 4 is 0 Å². The molecule has 0 amide bonds. The van der Waals surface area contributed by atoms with E-state index in [0.717, 1.165) is 17.9 Å². The maximum Gasteiger partial charge on any atom is 0.122 e. The molecule has 16 heavy (non-hydrogen) atoms. The molecule has 1 rings (SSSR count). The highest BCUT2D eigenvalue weighted by atomic mass is 16.5. The van der Waals surface area contributed by atoms with Crippen molar-refractivity contribution in [1.29, 1.82) is 0 Å². The van der Waals surface area contributed by atoms with Gasteiger partial charge in [-0.25, -0.2) is 0 Å². The molecule has 0 radical (unpaired) electrons. The van der Waals surface area contributed by atoms with Crippen molar-refractivity contribution in [3.8, 4) is 5.75 Å². The average molecular weight is 223 g/mol. The lowest BCUT2D eigenvalue weighted by Gasteiger charge is -2.15. The molecular weight excluding hydrogens is 202 g/mol. The van der Waals surface area contributed by atoms with E-state index in [2.05, 4.69) is 31.3 Å². The minimum atomic E-state index is 0.0506. The topological polar surface area (TPSA) is 41.5 Å². The summed E-state index contributed by atoms with van der Waals surface area (Å²) >= 11 is 0. The Morgan fingerprint density at radius 2 is 2.19 bits per heavy atom. The Labute approximate surface area is 97.4 Å². The number of ether oxygens (including phenoxy) is 1. The summed E-state index contributed by atoms with van der Waals surface area (Å²) in [6.45, 7) is 7.63. The first-order chi connectivity index (χ1) is 7.69. The Bertz CT molecular complexity index is 326. The van der Waals surface area contributed by atoms with Gasteiger partial charge in [-0.3, -0.25) is 0 Å². The van der Waals surface area contributed by atoms with E-state index in [0.29, 0.717) is 12.6 Å². The second kappa shape index (κ2) is 6.51.